The minimum atomic E-state index is -0.522. The highest BCUT2D eigenvalue weighted by atomic mass is 16.5. The van der Waals surface area contributed by atoms with Crippen molar-refractivity contribution in [2.24, 2.45) is 5.41 Å². The van der Waals surface area contributed by atoms with E-state index in [1.807, 2.05) is 41.3 Å². The molecule has 1 fully saturated rings. The lowest BCUT2D eigenvalue weighted by atomic mass is 9.70. The number of carbonyl (C=O) groups excluding carboxylic acids is 2. The van der Waals surface area contributed by atoms with Crippen molar-refractivity contribution >= 4 is 17.5 Å². The van der Waals surface area contributed by atoms with Crippen LogP contribution < -0.4 is 10.4 Å². The van der Waals surface area contributed by atoms with Crippen molar-refractivity contribution in [2.45, 2.75) is 25.7 Å². The maximum absolute atomic E-state index is 13.2. The van der Waals surface area contributed by atoms with E-state index in [1.165, 1.54) is 5.56 Å². The molecule has 1 unspecified atom stereocenters. The van der Waals surface area contributed by atoms with Crippen LogP contribution in [-0.4, -0.2) is 23.6 Å². The summed E-state index contributed by atoms with van der Waals surface area (Å²) >= 11 is 0. The number of nitrogens with one attached hydrogen (secondary N) is 1. The number of hydroxylamine groups is 1. The second kappa shape index (κ2) is 6.01. The molecule has 2 aliphatic rings. The molecular weight excluding hydrogens is 316 g/mol. The second-order valence-electron chi connectivity index (χ2n) is 6.92. The molecule has 0 radical (unpaired) electrons. The zero-order chi connectivity index (χ0) is 17.4. The third kappa shape index (κ3) is 2.61. The summed E-state index contributed by atoms with van der Waals surface area (Å²) in [5.41, 5.74) is 4.89. The van der Waals surface area contributed by atoms with E-state index in [0.29, 0.717) is 12.0 Å². The maximum Gasteiger partial charge on any atom is 0.274 e. The van der Waals surface area contributed by atoms with Gasteiger partial charge < -0.3 is 4.90 Å². The van der Waals surface area contributed by atoms with Gasteiger partial charge in [0.2, 0.25) is 5.91 Å². The first-order valence-corrected chi connectivity index (χ1v) is 8.56. The quantitative estimate of drug-likeness (QED) is 0.654. The van der Waals surface area contributed by atoms with Crippen LogP contribution in [0.5, 0.6) is 0 Å². The lowest BCUT2D eigenvalue weighted by molar-refractivity contribution is -0.126. The fraction of sp³-hybridized carbons (Fsp3) is 0.300. The van der Waals surface area contributed by atoms with Gasteiger partial charge in [-0.15, -0.1) is 0 Å². The Morgan fingerprint density at radius 1 is 1.08 bits per heavy atom. The van der Waals surface area contributed by atoms with E-state index in [1.54, 1.807) is 17.6 Å². The summed E-state index contributed by atoms with van der Waals surface area (Å²) in [5, 5.41) is 8.84. The molecule has 0 bridgehead atoms. The topological polar surface area (TPSA) is 69.6 Å². The van der Waals surface area contributed by atoms with E-state index in [2.05, 4.69) is 0 Å². The molecule has 2 aromatic carbocycles. The molecule has 1 saturated heterocycles. The zero-order valence-electron chi connectivity index (χ0n) is 13.9. The number of anilines is 1. The van der Waals surface area contributed by atoms with Crippen LogP contribution in [0.3, 0.4) is 0 Å². The highest BCUT2D eigenvalue weighted by molar-refractivity contribution is 6.00. The van der Waals surface area contributed by atoms with Gasteiger partial charge in [-0.1, -0.05) is 24.3 Å². The van der Waals surface area contributed by atoms with E-state index < -0.39 is 5.91 Å². The van der Waals surface area contributed by atoms with Crippen molar-refractivity contribution in [1.29, 1.82) is 0 Å². The van der Waals surface area contributed by atoms with Crippen LogP contribution >= 0.6 is 0 Å². The third-order valence-electron chi connectivity index (χ3n) is 5.55. The van der Waals surface area contributed by atoms with Gasteiger partial charge >= 0.3 is 0 Å². The first-order chi connectivity index (χ1) is 12.1. The Kier molecular flexibility index (Phi) is 3.81. The Labute approximate surface area is 146 Å². The number of carbonyl (C=O) groups is 2. The van der Waals surface area contributed by atoms with Crippen LogP contribution in [0.1, 0.15) is 34.3 Å². The third-order valence-corrected chi connectivity index (χ3v) is 5.55. The number of rotatable bonds is 2. The van der Waals surface area contributed by atoms with Gasteiger partial charge in [0.05, 0.1) is 5.41 Å². The number of para-hydroxylation sites is 1. The average molecular weight is 336 g/mol. The molecule has 4 rings (SSSR count). The molecule has 5 nitrogen and oxygen atoms in total. The van der Waals surface area contributed by atoms with Crippen molar-refractivity contribution in [3.8, 4) is 0 Å². The predicted octanol–water partition coefficient (Wildman–Crippen LogP) is 2.72. The Morgan fingerprint density at radius 3 is 2.64 bits per heavy atom. The summed E-state index contributed by atoms with van der Waals surface area (Å²) in [7, 11) is 0. The fourth-order valence-corrected chi connectivity index (χ4v) is 4.14. The van der Waals surface area contributed by atoms with Crippen molar-refractivity contribution < 1.29 is 14.8 Å². The summed E-state index contributed by atoms with van der Waals surface area (Å²) < 4.78 is 0. The Hall–Kier alpha value is -2.66. The van der Waals surface area contributed by atoms with E-state index in [0.717, 1.165) is 37.1 Å². The molecular formula is C20H20N2O3. The van der Waals surface area contributed by atoms with E-state index in [9.17, 15) is 9.59 Å². The number of hydrogen-bond acceptors (Lipinski definition) is 3. The first-order valence-electron chi connectivity index (χ1n) is 8.56. The second-order valence-corrected chi connectivity index (χ2v) is 6.92. The number of aryl methyl sites for hydroxylation is 1. The average Bonchev–Trinajstić information content (AvgIpc) is 2.97. The van der Waals surface area contributed by atoms with E-state index in [-0.39, 0.29) is 11.3 Å². The van der Waals surface area contributed by atoms with Gasteiger partial charge in [-0.05, 0) is 61.1 Å². The van der Waals surface area contributed by atoms with Crippen molar-refractivity contribution in [1.82, 2.24) is 5.48 Å². The van der Waals surface area contributed by atoms with Gasteiger partial charge in [-0.2, -0.15) is 0 Å². The Morgan fingerprint density at radius 2 is 1.88 bits per heavy atom. The Bertz CT molecular complexity index is 834. The molecule has 128 valence electrons. The predicted molar refractivity (Wildman–Crippen MR) is 93.6 cm³/mol. The lowest BCUT2D eigenvalue weighted by Crippen LogP contribution is -2.38. The normalized spacial score (nSPS) is 22.1. The molecule has 2 aromatic rings. The van der Waals surface area contributed by atoms with Crippen LogP contribution in [0.2, 0.25) is 0 Å². The van der Waals surface area contributed by atoms with Crippen molar-refractivity contribution in [3.63, 3.8) is 0 Å². The molecule has 1 aliphatic carbocycles. The molecule has 2 amide bonds. The van der Waals surface area contributed by atoms with Gasteiger partial charge in [0.25, 0.3) is 5.91 Å². The molecule has 1 atom stereocenters. The van der Waals surface area contributed by atoms with Crippen LogP contribution in [-0.2, 0) is 17.6 Å². The molecule has 1 heterocycles. The molecule has 0 saturated carbocycles. The fourth-order valence-electron chi connectivity index (χ4n) is 4.14. The van der Waals surface area contributed by atoms with Crippen LogP contribution in [0.15, 0.2) is 48.5 Å². The van der Waals surface area contributed by atoms with Gasteiger partial charge in [0.15, 0.2) is 0 Å². The number of hydrogen-bond donors (Lipinski definition) is 2. The number of fused-ring (bicyclic) bond motifs is 1. The van der Waals surface area contributed by atoms with Crippen LogP contribution in [0.25, 0.3) is 0 Å². The SMILES string of the molecule is O=C(NO)c1ccc2c(c1)CC1(CC2)CCN(c2ccccc2)C1=O. The summed E-state index contributed by atoms with van der Waals surface area (Å²) in [6.45, 7) is 0.731. The number of nitrogens with zero attached hydrogens (tertiary/aromatic N) is 1. The van der Waals surface area contributed by atoms with Gasteiger partial charge in [0, 0.05) is 17.8 Å². The highest BCUT2D eigenvalue weighted by Crippen LogP contribution is 2.45. The first kappa shape index (κ1) is 15.8. The molecule has 5 heteroatoms. The smallest absolute Gasteiger partial charge is 0.274 e. The van der Waals surface area contributed by atoms with E-state index >= 15 is 0 Å². The van der Waals surface area contributed by atoms with Crippen molar-refractivity contribution in [2.75, 3.05) is 11.4 Å². The van der Waals surface area contributed by atoms with Gasteiger partial charge in [-0.25, -0.2) is 5.48 Å². The minimum absolute atomic E-state index is 0.182. The standard InChI is InChI=1S/C20H20N2O3/c23-18(21-25)15-7-6-14-8-9-20(13-16(14)12-15)10-11-22(19(20)24)17-4-2-1-3-5-17/h1-7,12,25H,8-11,13H2,(H,21,23). The van der Waals surface area contributed by atoms with Gasteiger partial charge in [0.1, 0.15) is 0 Å². The molecule has 25 heavy (non-hydrogen) atoms. The number of benzene rings is 2. The molecule has 1 aliphatic heterocycles. The minimum Gasteiger partial charge on any atom is -0.312 e. The zero-order valence-corrected chi connectivity index (χ0v) is 13.9. The summed E-state index contributed by atoms with van der Waals surface area (Å²) in [6, 6.07) is 15.2. The molecule has 0 aromatic heterocycles. The summed E-state index contributed by atoms with van der Waals surface area (Å²) in [6.07, 6.45) is 3.16. The lowest BCUT2D eigenvalue weighted by Gasteiger charge is -2.33. The highest BCUT2D eigenvalue weighted by Gasteiger charge is 2.48. The van der Waals surface area contributed by atoms with Crippen molar-refractivity contribution in [3.05, 3.63) is 65.2 Å². The molecule has 2 N–H and O–H groups in total. The van der Waals surface area contributed by atoms with E-state index in [4.69, 9.17) is 5.21 Å². The summed E-state index contributed by atoms with van der Waals surface area (Å²) in [4.78, 5) is 26.7. The number of amides is 2. The Balaban J connectivity index is 1.63. The largest absolute Gasteiger partial charge is 0.312 e. The van der Waals surface area contributed by atoms with Crippen LogP contribution in [0.4, 0.5) is 5.69 Å². The molecule has 1 spiro atoms. The maximum atomic E-state index is 13.2. The van der Waals surface area contributed by atoms with Gasteiger partial charge in [-0.3, -0.25) is 14.8 Å². The van der Waals surface area contributed by atoms with Crippen LogP contribution in [0, 0.1) is 5.41 Å². The monoisotopic (exact) mass is 336 g/mol. The summed E-state index contributed by atoms with van der Waals surface area (Å²) in [5.74, 6) is -0.340.